The predicted octanol–water partition coefficient (Wildman–Crippen LogP) is 2.79. The van der Waals surface area contributed by atoms with Crippen LogP contribution >= 0.6 is 11.6 Å². The van der Waals surface area contributed by atoms with Gasteiger partial charge in [-0.05, 0) is 37.3 Å². The van der Waals surface area contributed by atoms with E-state index in [1.807, 2.05) is 19.1 Å². The zero-order valence-electron chi connectivity index (χ0n) is 17.4. The molecular weight excluding hydrogens is 430 g/mol. The first-order valence-electron chi connectivity index (χ1n) is 10.2. The fraction of sp³-hybridized carbons (Fsp3) is 0.217. The molecule has 2 aromatic carbocycles. The lowest BCUT2D eigenvalue weighted by atomic mass is 10.0. The van der Waals surface area contributed by atoms with Crippen LogP contribution < -0.4 is 10.6 Å². The highest BCUT2D eigenvalue weighted by Crippen LogP contribution is 2.26. The molecule has 0 bridgehead atoms. The lowest BCUT2D eigenvalue weighted by Crippen LogP contribution is -2.49. The Morgan fingerprint density at radius 2 is 1.97 bits per heavy atom. The number of hydrogen-bond acceptors (Lipinski definition) is 4. The Balaban J connectivity index is 1.47. The molecule has 0 saturated carbocycles. The SMILES string of the molecule is Cc1[nH]nc(-c2ccc(Cl)cc2)c1CC(=O)Nc1cccc(C(=O)N2CCNC(=O)C2)c1. The molecule has 3 N–H and O–H groups in total. The van der Waals surface area contributed by atoms with Crippen LogP contribution in [-0.4, -0.2) is 52.5 Å². The summed E-state index contributed by atoms with van der Waals surface area (Å²) in [6.45, 7) is 2.78. The van der Waals surface area contributed by atoms with Gasteiger partial charge in [-0.1, -0.05) is 29.8 Å². The van der Waals surface area contributed by atoms with Gasteiger partial charge in [0.1, 0.15) is 0 Å². The summed E-state index contributed by atoms with van der Waals surface area (Å²) < 4.78 is 0. The Hall–Kier alpha value is -3.65. The van der Waals surface area contributed by atoms with Gasteiger partial charge in [0.2, 0.25) is 11.8 Å². The fourth-order valence-corrected chi connectivity index (χ4v) is 3.73. The van der Waals surface area contributed by atoms with E-state index >= 15 is 0 Å². The quantitative estimate of drug-likeness (QED) is 0.554. The standard InChI is InChI=1S/C23H22ClN5O3/c1-14-19(22(28-27-14)15-5-7-17(24)8-6-15)12-20(30)26-18-4-2-3-16(11-18)23(32)29-10-9-25-21(31)13-29/h2-8,11H,9-10,12-13H2,1H3,(H,25,31)(H,26,30)(H,27,28). The number of nitrogens with zero attached hydrogens (tertiary/aromatic N) is 2. The van der Waals surface area contributed by atoms with Crippen molar-refractivity contribution in [3.8, 4) is 11.3 Å². The minimum absolute atomic E-state index is 0.0304. The van der Waals surface area contributed by atoms with Crippen molar-refractivity contribution in [1.29, 1.82) is 0 Å². The maximum atomic E-state index is 12.8. The maximum absolute atomic E-state index is 12.8. The average molecular weight is 452 g/mol. The fourth-order valence-electron chi connectivity index (χ4n) is 3.61. The van der Waals surface area contributed by atoms with Crippen LogP contribution in [-0.2, 0) is 16.0 Å². The van der Waals surface area contributed by atoms with Crippen LogP contribution in [0.3, 0.4) is 0 Å². The van der Waals surface area contributed by atoms with Gasteiger partial charge in [-0.3, -0.25) is 19.5 Å². The van der Waals surface area contributed by atoms with Gasteiger partial charge in [0.15, 0.2) is 0 Å². The molecule has 2 heterocycles. The zero-order chi connectivity index (χ0) is 22.7. The number of benzene rings is 2. The summed E-state index contributed by atoms with van der Waals surface area (Å²) in [5, 5.41) is 13.4. The Bertz CT molecular complexity index is 1170. The number of nitrogens with one attached hydrogen (secondary N) is 3. The molecule has 1 saturated heterocycles. The van der Waals surface area contributed by atoms with Gasteiger partial charge in [0.25, 0.3) is 5.91 Å². The third-order valence-electron chi connectivity index (χ3n) is 5.25. The number of hydrogen-bond donors (Lipinski definition) is 3. The number of piperazine rings is 1. The number of H-pyrrole nitrogens is 1. The summed E-state index contributed by atoms with van der Waals surface area (Å²) >= 11 is 5.97. The highest BCUT2D eigenvalue weighted by molar-refractivity contribution is 6.30. The second kappa shape index (κ2) is 9.23. The summed E-state index contributed by atoms with van der Waals surface area (Å²) in [6, 6.07) is 14.0. The largest absolute Gasteiger partial charge is 0.353 e. The Kier molecular flexibility index (Phi) is 6.23. The molecule has 9 heteroatoms. The van der Waals surface area contributed by atoms with Crippen molar-refractivity contribution in [2.75, 3.05) is 25.0 Å². The number of aromatic amines is 1. The van der Waals surface area contributed by atoms with Crippen LogP contribution in [0.15, 0.2) is 48.5 Å². The number of aromatic nitrogens is 2. The molecule has 1 aromatic heterocycles. The smallest absolute Gasteiger partial charge is 0.254 e. The zero-order valence-corrected chi connectivity index (χ0v) is 18.2. The van der Waals surface area contributed by atoms with E-state index < -0.39 is 0 Å². The summed E-state index contributed by atoms with van der Waals surface area (Å²) in [5.74, 6) is -0.653. The van der Waals surface area contributed by atoms with Crippen molar-refractivity contribution in [3.05, 3.63) is 70.4 Å². The highest BCUT2D eigenvalue weighted by Gasteiger charge is 2.22. The van der Waals surface area contributed by atoms with Crippen LogP contribution in [0.25, 0.3) is 11.3 Å². The van der Waals surface area contributed by atoms with Crippen LogP contribution in [0.2, 0.25) is 5.02 Å². The van der Waals surface area contributed by atoms with Gasteiger partial charge in [-0.2, -0.15) is 5.10 Å². The van der Waals surface area contributed by atoms with E-state index in [0.29, 0.717) is 35.1 Å². The number of aryl methyl sites for hydroxylation is 1. The van der Waals surface area contributed by atoms with Gasteiger partial charge in [-0.15, -0.1) is 0 Å². The molecule has 1 aliphatic heterocycles. The second-order valence-electron chi connectivity index (χ2n) is 7.57. The van der Waals surface area contributed by atoms with Crippen molar-refractivity contribution < 1.29 is 14.4 Å². The van der Waals surface area contributed by atoms with E-state index in [4.69, 9.17) is 11.6 Å². The number of amides is 3. The van der Waals surface area contributed by atoms with Gasteiger partial charge in [0.05, 0.1) is 18.7 Å². The highest BCUT2D eigenvalue weighted by atomic mass is 35.5. The number of anilines is 1. The van der Waals surface area contributed by atoms with Gasteiger partial charge < -0.3 is 15.5 Å². The Labute approximate surface area is 190 Å². The van der Waals surface area contributed by atoms with Crippen molar-refractivity contribution in [2.45, 2.75) is 13.3 Å². The van der Waals surface area contributed by atoms with E-state index in [2.05, 4.69) is 20.8 Å². The van der Waals surface area contributed by atoms with E-state index in [9.17, 15) is 14.4 Å². The van der Waals surface area contributed by atoms with Crippen molar-refractivity contribution in [2.24, 2.45) is 0 Å². The average Bonchev–Trinajstić information content (AvgIpc) is 3.14. The van der Waals surface area contributed by atoms with Crippen LogP contribution in [0, 0.1) is 6.92 Å². The topological polar surface area (TPSA) is 107 Å². The van der Waals surface area contributed by atoms with E-state index in [0.717, 1.165) is 16.8 Å². The number of rotatable bonds is 5. The molecule has 32 heavy (non-hydrogen) atoms. The molecule has 1 fully saturated rings. The Morgan fingerprint density at radius 1 is 1.19 bits per heavy atom. The van der Waals surface area contributed by atoms with Crippen molar-refractivity contribution in [3.63, 3.8) is 0 Å². The van der Waals surface area contributed by atoms with E-state index in [-0.39, 0.29) is 30.7 Å². The summed E-state index contributed by atoms with van der Waals surface area (Å²) in [4.78, 5) is 38.6. The van der Waals surface area contributed by atoms with E-state index in [1.165, 1.54) is 4.90 Å². The van der Waals surface area contributed by atoms with Crippen LogP contribution in [0.4, 0.5) is 5.69 Å². The Morgan fingerprint density at radius 3 is 2.72 bits per heavy atom. The van der Waals surface area contributed by atoms with Crippen LogP contribution in [0.5, 0.6) is 0 Å². The number of carbonyl (C=O) groups excluding carboxylic acids is 3. The first-order valence-corrected chi connectivity index (χ1v) is 10.5. The predicted molar refractivity (Wildman–Crippen MR) is 121 cm³/mol. The molecular formula is C23H22ClN5O3. The monoisotopic (exact) mass is 451 g/mol. The molecule has 1 aliphatic rings. The first-order chi connectivity index (χ1) is 15.4. The molecule has 0 aliphatic carbocycles. The van der Waals surface area contributed by atoms with Crippen molar-refractivity contribution in [1.82, 2.24) is 20.4 Å². The molecule has 0 atom stereocenters. The second-order valence-corrected chi connectivity index (χ2v) is 8.00. The molecule has 8 nitrogen and oxygen atoms in total. The van der Waals surface area contributed by atoms with Crippen molar-refractivity contribution >= 4 is 35.0 Å². The summed E-state index contributed by atoms with van der Waals surface area (Å²) in [6.07, 6.45) is 0.116. The molecule has 0 radical (unpaired) electrons. The van der Waals surface area contributed by atoms with Gasteiger partial charge in [-0.25, -0.2) is 0 Å². The third kappa shape index (κ3) is 4.81. The molecule has 3 amide bonds. The number of carbonyl (C=O) groups is 3. The summed E-state index contributed by atoms with van der Waals surface area (Å²) in [7, 11) is 0. The lowest BCUT2D eigenvalue weighted by Gasteiger charge is -2.26. The molecule has 3 aromatic rings. The summed E-state index contributed by atoms with van der Waals surface area (Å²) in [5.41, 5.74) is 4.07. The minimum atomic E-state index is -0.244. The molecule has 0 unspecified atom stereocenters. The van der Waals surface area contributed by atoms with Gasteiger partial charge in [0, 0.05) is 46.2 Å². The first kappa shape index (κ1) is 21.6. The maximum Gasteiger partial charge on any atom is 0.254 e. The molecule has 4 rings (SSSR count). The number of halogens is 1. The minimum Gasteiger partial charge on any atom is -0.353 e. The van der Waals surface area contributed by atoms with Crippen LogP contribution in [0.1, 0.15) is 21.6 Å². The third-order valence-corrected chi connectivity index (χ3v) is 5.50. The molecule has 164 valence electrons. The normalized spacial score (nSPS) is 13.6. The van der Waals surface area contributed by atoms with E-state index in [1.54, 1.807) is 36.4 Å². The molecule has 0 spiro atoms. The van der Waals surface area contributed by atoms with Gasteiger partial charge >= 0.3 is 0 Å². The lowest BCUT2D eigenvalue weighted by molar-refractivity contribution is -0.123.